The van der Waals surface area contributed by atoms with Gasteiger partial charge in [-0.3, -0.25) is 4.79 Å². The highest BCUT2D eigenvalue weighted by Crippen LogP contribution is 2.13. The van der Waals surface area contributed by atoms with Crippen molar-refractivity contribution >= 4 is 23.2 Å². The summed E-state index contributed by atoms with van der Waals surface area (Å²) in [5.74, 6) is 0.540. The molecule has 0 bridgehead atoms. The lowest BCUT2D eigenvalue weighted by Crippen LogP contribution is -2.25. The van der Waals surface area contributed by atoms with Gasteiger partial charge in [0.05, 0.1) is 0 Å². The van der Waals surface area contributed by atoms with E-state index in [1.165, 1.54) is 11.3 Å². The van der Waals surface area contributed by atoms with E-state index in [1.54, 1.807) is 6.92 Å². The molecule has 0 atom stereocenters. The average Bonchev–Trinajstić information content (AvgIpc) is 2.63. The van der Waals surface area contributed by atoms with Crippen LogP contribution in [-0.2, 0) is 16.1 Å². The molecule has 1 aromatic rings. The smallest absolute Gasteiger partial charge is 0.246 e. The van der Waals surface area contributed by atoms with Crippen LogP contribution < -0.4 is 15.5 Å². The number of anilines is 1. The monoisotopic (exact) mass is 381 g/mol. The molecule has 0 spiro atoms. The van der Waals surface area contributed by atoms with Crippen molar-refractivity contribution in [2.45, 2.75) is 26.3 Å². The predicted molar refractivity (Wildman–Crippen MR) is 110 cm³/mol. The van der Waals surface area contributed by atoms with Gasteiger partial charge in [-0.2, -0.15) is 0 Å². The number of alkyl halides is 1. The summed E-state index contributed by atoms with van der Waals surface area (Å²) in [6.07, 6.45) is 1.78. The van der Waals surface area contributed by atoms with Crippen molar-refractivity contribution < 1.29 is 9.53 Å². The zero-order valence-corrected chi connectivity index (χ0v) is 16.8. The van der Waals surface area contributed by atoms with Gasteiger partial charge >= 0.3 is 0 Å². The quantitative estimate of drug-likeness (QED) is 0.295. The minimum Gasteiger partial charge on any atom is -0.381 e. The number of halogens is 1. The molecule has 1 aromatic carbocycles. The van der Waals surface area contributed by atoms with Crippen LogP contribution in [-0.4, -0.2) is 51.7 Å². The number of hydrogen-bond acceptors (Lipinski definition) is 4. The first kappa shape index (κ1) is 22.5. The molecule has 6 heteroatoms. The molecule has 0 aliphatic heterocycles. The number of benzene rings is 1. The van der Waals surface area contributed by atoms with Crippen molar-refractivity contribution in [1.29, 1.82) is 0 Å². The van der Waals surface area contributed by atoms with Crippen LogP contribution >= 0.6 is 11.6 Å². The highest BCUT2D eigenvalue weighted by atomic mass is 35.5. The van der Waals surface area contributed by atoms with Crippen molar-refractivity contribution in [3.63, 3.8) is 0 Å². The van der Waals surface area contributed by atoms with E-state index < -0.39 is 0 Å². The summed E-state index contributed by atoms with van der Waals surface area (Å²) < 4.78 is 5.56. The van der Waals surface area contributed by atoms with Gasteiger partial charge in [0.15, 0.2) is 0 Å². The molecule has 0 aromatic heterocycles. The van der Waals surface area contributed by atoms with Crippen molar-refractivity contribution in [3.05, 3.63) is 42.0 Å². The number of carbonyl (C=O) groups excluding carboxylic acids is 1. The number of carbonyl (C=O) groups is 1. The molecule has 26 heavy (non-hydrogen) atoms. The van der Waals surface area contributed by atoms with E-state index in [0.29, 0.717) is 24.6 Å². The van der Waals surface area contributed by atoms with Crippen LogP contribution in [0.1, 0.15) is 25.3 Å². The van der Waals surface area contributed by atoms with E-state index in [0.717, 1.165) is 39.1 Å². The Morgan fingerprint density at radius 1 is 1.19 bits per heavy atom. The van der Waals surface area contributed by atoms with Crippen LogP contribution in [0.2, 0.25) is 0 Å². The van der Waals surface area contributed by atoms with E-state index in [9.17, 15) is 4.79 Å². The van der Waals surface area contributed by atoms with Crippen molar-refractivity contribution in [3.8, 4) is 0 Å². The second-order valence-electron chi connectivity index (χ2n) is 6.31. The number of nitrogens with one attached hydrogen (secondary N) is 2. The molecular formula is C20H32ClN3O2. The third-order valence-electron chi connectivity index (χ3n) is 3.91. The number of hydrogen-bond donors (Lipinski definition) is 2. The molecule has 2 N–H and O–H groups in total. The summed E-state index contributed by atoms with van der Waals surface area (Å²) in [7, 11) is 2.05. The molecule has 0 saturated heterocycles. The molecule has 0 aliphatic rings. The van der Waals surface area contributed by atoms with E-state index >= 15 is 0 Å². The summed E-state index contributed by atoms with van der Waals surface area (Å²) in [5, 5.41) is 6.21. The molecule has 146 valence electrons. The minimum atomic E-state index is -0.0899. The van der Waals surface area contributed by atoms with Gasteiger partial charge in [0.1, 0.15) is 0 Å². The van der Waals surface area contributed by atoms with Crippen molar-refractivity contribution in [2.75, 3.05) is 50.7 Å². The summed E-state index contributed by atoms with van der Waals surface area (Å²) in [6.45, 7) is 9.93. The van der Waals surface area contributed by atoms with Gasteiger partial charge in [0.2, 0.25) is 5.91 Å². The lowest BCUT2D eigenvalue weighted by atomic mass is 10.2. The Morgan fingerprint density at radius 3 is 2.46 bits per heavy atom. The Bertz CT molecular complexity index is 534. The number of nitrogens with zero attached hydrogens (tertiary/aromatic N) is 1. The van der Waals surface area contributed by atoms with Gasteiger partial charge in [0.25, 0.3) is 0 Å². The Morgan fingerprint density at radius 2 is 1.85 bits per heavy atom. The maximum Gasteiger partial charge on any atom is 0.246 e. The van der Waals surface area contributed by atoms with E-state index in [2.05, 4.69) is 46.4 Å². The fourth-order valence-electron chi connectivity index (χ4n) is 2.29. The Labute approximate surface area is 162 Å². The molecule has 5 nitrogen and oxygen atoms in total. The van der Waals surface area contributed by atoms with Gasteiger partial charge < -0.3 is 20.3 Å². The van der Waals surface area contributed by atoms with Crippen molar-refractivity contribution in [1.82, 2.24) is 10.6 Å². The van der Waals surface area contributed by atoms with Crippen LogP contribution in [0.4, 0.5) is 5.69 Å². The lowest BCUT2D eigenvalue weighted by Gasteiger charge is -2.18. The highest BCUT2D eigenvalue weighted by molar-refractivity contribution is 6.18. The van der Waals surface area contributed by atoms with Crippen LogP contribution in [0.5, 0.6) is 0 Å². The number of ether oxygens (including phenoxy) is 1. The summed E-state index contributed by atoms with van der Waals surface area (Å²) in [4.78, 5) is 13.4. The second kappa shape index (κ2) is 13.6. The molecule has 0 fully saturated rings. The van der Waals surface area contributed by atoms with E-state index in [-0.39, 0.29) is 5.91 Å². The highest BCUT2D eigenvalue weighted by Gasteiger charge is 2.01. The molecular weight excluding hydrogens is 350 g/mol. The molecule has 0 unspecified atom stereocenters. The molecule has 0 heterocycles. The first-order chi connectivity index (χ1) is 12.5. The molecule has 1 amide bonds. The predicted octanol–water partition coefficient (Wildman–Crippen LogP) is 2.94. The van der Waals surface area contributed by atoms with E-state index in [4.69, 9.17) is 16.3 Å². The first-order valence-corrected chi connectivity index (χ1v) is 9.66. The molecule has 1 rings (SSSR count). The standard InChI is InChI=1S/C20H32ClN3O2/c1-17(2)20(25)23-12-5-15-26-14-4-11-22-16-18-6-8-19(9-7-18)24(3)13-10-21/h6-9,22H,1,4-5,10-16H2,2-3H3,(H,23,25). The fraction of sp³-hybridized carbons (Fsp3) is 0.550. The average molecular weight is 382 g/mol. The second-order valence-corrected chi connectivity index (χ2v) is 6.69. The SMILES string of the molecule is C=C(C)C(=O)NCCCOCCCNCc1ccc(N(C)CCCl)cc1. The normalized spacial score (nSPS) is 10.6. The Hall–Kier alpha value is -1.56. The molecule has 0 saturated carbocycles. The number of amides is 1. The van der Waals surface area contributed by atoms with Crippen LogP contribution in [0.15, 0.2) is 36.4 Å². The summed E-state index contributed by atoms with van der Waals surface area (Å²) in [6, 6.07) is 8.53. The largest absolute Gasteiger partial charge is 0.381 e. The summed E-state index contributed by atoms with van der Waals surface area (Å²) in [5.41, 5.74) is 2.98. The third kappa shape index (κ3) is 9.80. The zero-order chi connectivity index (χ0) is 19.2. The van der Waals surface area contributed by atoms with Gasteiger partial charge in [-0.05, 0) is 44.0 Å². The van der Waals surface area contributed by atoms with Gasteiger partial charge in [-0.15, -0.1) is 11.6 Å². The van der Waals surface area contributed by atoms with Gasteiger partial charge in [-0.1, -0.05) is 18.7 Å². The van der Waals surface area contributed by atoms with Crippen LogP contribution in [0, 0.1) is 0 Å². The molecule has 0 aliphatic carbocycles. The maximum absolute atomic E-state index is 11.3. The Balaban J connectivity index is 2.00. The zero-order valence-electron chi connectivity index (χ0n) is 16.0. The first-order valence-electron chi connectivity index (χ1n) is 9.12. The van der Waals surface area contributed by atoms with Crippen LogP contribution in [0.25, 0.3) is 0 Å². The maximum atomic E-state index is 11.3. The topological polar surface area (TPSA) is 53.6 Å². The summed E-state index contributed by atoms with van der Waals surface area (Å²) >= 11 is 5.77. The lowest BCUT2D eigenvalue weighted by molar-refractivity contribution is -0.117. The van der Waals surface area contributed by atoms with Gasteiger partial charge in [0, 0.05) is 57.0 Å². The Kier molecular flexibility index (Phi) is 11.8. The molecule has 0 radical (unpaired) electrons. The van der Waals surface area contributed by atoms with Crippen molar-refractivity contribution in [2.24, 2.45) is 0 Å². The minimum absolute atomic E-state index is 0.0899. The van der Waals surface area contributed by atoms with Crippen LogP contribution in [0.3, 0.4) is 0 Å². The van der Waals surface area contributed by atoms with Gasteiger partial charge in [-0.25, -0.2) is 0 Å². The fourth-order valence-corrected chi connectivity index (χ4v) is 2.54. The van der Waals surface area contributed by atoms with E-state index in [1.807, 2.05) is 7.05 Å². The third-order valence-corrected chi connectivity index (χ3v) is 4.08. The number of rotatable bonds is 14.